The Kier molecular flexibility index (Phi) is 5.73. The van der Waals surface area contributed by atoms with Gasteiger partial charge in [0, 0.05) is 0 Å². The number of rotatable bonds is 7. The zero-order valence-electron chi connectivity index (χ0n) is 17.1. The van der Waals surface area contributed by atoms with Gasteiger partial charge in [0.2, 0.25) is 0 Å². The van der Waals surface area contributed by atoms with Crippen molar-refractivity contribution in [3.05, 3.63) is 12.7 Å². The maximum Gasteiger partial charge on any atom is 0.190 e. The SMILES string of the molecule is C=CCO[C@@H]1[C@H]2OC(C)(C)O[C@H]2O[C@@H]1CO[C@@H]1[C@H]2OC(C)(C)O[C@H]2O[C@@H]1/C=N/O. The molecule has 4 saturated heterocycles. The van der Waals surface area contributed by atoms with E-state index in [0.29, 0.717) is 6.61 Å². The fourth-order valence-electron chi connectivity index (χ4n) is 4.15. The first-order valence-corrected chi connectivity index (χ1v) is 9.77. The molecule has 10 heteroatoms. The summed E-state index contributed by atoms with van der Waals surface area (Å²) in [6.45, 7) is 11.5. The summed E-state index contributed by atoms with van der Waals surface area (Å²) < 4.78 is 47.2. The second kappa shape index (κ2) is 7.86. The summed E-state index contributed by atoms with van der Waals surface area (Å²) in [6, 6.07) is 0. The fourth-order valence-corrected chi connectivity index (χ4v) is 4.15. The Morgan fingerprint density at radius 1 is 0.931 bits per heavy atom. The van der Waals surface area contributed by atoms with Crippen LogP contribution in [-0.4, -0.2) is 85.4 Å². The smallest absolute Gasteiger partial charge is 0.190 e. The van der Waals surface area contributed by atoms with E-state index in [9.17, 15) is 0 Å². The first-order valence-electron chi connectivity index (χ1n) is 9.77. The highest BCUT2D eigenvalue weighted by atomic mass is 16.9. The molecule has 0 aromatic carbocycles. The van der Waals surface area contributed by atoms with Gasteiger partial charge in [0.25, 0.3) is 0 Å². The van der Waals surface area contributed by atoms with Crippen molar-refractivity contribution < 1.29 is 43.1 Å². The molecule has 4 aliphatic rings. The monoisotopic (exact) mass is 415 g/mol. The van der Waals surface area contributed by atoms with E-state index in [1.54, 1.807) is 19.9 Å². The van der Waals surface area contributed by atoms with Gasteiger partial charge in [-0.3, -0.25) is 0 Å². The topological polar surface area (TPSA) is 106 Å². The highest BCUT2D eigenvalue weighted by Crippen LogP contribution is 2.41. The fraction of sp³-hybridized carbons (Fsp3) is 0.842. The minimum absolute atomic E-state index is 0.179. The second-order valence-electron chi connectivity index (χ2n) is 8.36. The molecule has 1 N–H and O–H groups in total. The first-order chi connectivity index (χ1) is 13.7. The summed E-state index contributed by atoms with van der Waals surface area (Å²) in [5.41, 5.74) is 0. The molecule has 4 heterocycles. The van der Waals surface area contributed by atoms with Crippen LogP contribution in [0.1, 0.15) is 27.7 Å². The van der Waals surface area contributed by atoms with Crippen LogP contribution in [0.25, 0.3) is 0 Å². The Morgan fingerprint density at radius 2 is 1.55 bits per heavy atom. The van der Waals surface area contributed by atoms with Gasteiger partial charge in [-0.2, -0.15) is 0 Å². The lowest BCUT2D eigenvalue weighted by Crippen LogP contribution is -2.43. The van der Waals surface area contributed by atoms with E-state index < -0.39 is 48.6 Å². The Hall–Kier alpha value is -1.11. The van der Waals surface area contributed by atoms with E-state index in [2.05, 4.69) is 11.7 Å². The van der Waals surface area contributed by atoms with E-state index in [4.69, 9.17) is 43.1 Å². The Labute approximate surface area is 169 Å². The molecule has 0 spiro atoms. The molecule has 164 valence electrons. The summed E-state index contributed by atoms with van der Waals surface area (Å²) in [6.07, 6.45) is -1.04. The third-order valence-electron chi connectivity index (χ3n) is 5.19. The molecule has 0 bridgehead atoms. The van der Waals surface area contributed by atoms with Crippen LogP contribution < -0.4 is 0 Å². The van der Waals surface area contributed by atoms with Crippen molar-refractivity contribution in [2.24, 2.45) is 5.16 Å². The molecular weight excluding hydrogens is 386 g/mol. The molecular formula is C19H29NO9. The van der Waals surface area contributed by atoms with E-state index >= 15 is 0 Å². The Bertz CT molecular complexity index is 639. The molecule has 0 saturated carbocycles. The molecule has 0 aromatic heterocycles. The van der Waals surface area contributed by atoms with E-state index in [1.165, 1.54) is 6.21 Å². The molecule has 29 heavy (non-hydrogen) atoms. The number of oxime groups is 1. The van der Waals surface area contributed by atoms with E-state index in [-0.39, 0.29) is 18.8 Å². The lowest BCUT2D eigenvalue weighted by atomic mass is 10.1. The van der Waals surface area contributed by atoms with Crippen molar-refractivity contribution in [3.63, 3.8) is 0 Å². The highest BCUT2D eigenvalue weighted by Gasteiger charge is 2.58. The van der Waals surface area contributed by atoms with E-state index in [0.717, 1.165) is 0 Å². The quantitative estimate of drug-likeness (QED) is 0.284. The number of nitrogens with zero attached hydrogens (tertiary/aromatic N) is 1. The zero-order chi connectivity index (χ0) is 20.8. The lowest BCUT2D eigenvalue weighted by Gasteiger charge is -2.28. The second-order valence-corrected chi connectivity index (χ2v) is 8.36. The van der Waals surface area contributed by atoms with Crippen molar-refractivity contribution in [2.75, 3.05) is 13.2 Å². The highest BCUT2D eigenvalue weighted by molar-refractivity contribution is 5.64. The van der Waals surface area contributed by atoms with Crippen molar-refractivity contribution in [3.8, 4) is 0 Å². The van der Waals surface area contributed by atoms with Gasteiger partial charge in [-0.05, 0) is 27.7 Å². The van der Waals surface area contributed by atoms with Gasteiger partial charge >= 0.3 is 0 Å². The van der Waals surface area contributed by atoms with Crippen molar-refractivity contribution in [1.82, 2.24) is 0 Å². The van der Waals surface area contributed by atoms with Crippen LogP contribution in [0.5, 0.6) is 0 Å². The van der Waals surface area contributed by atoms with Crippen LogP contribution in [0, 0.1) is 0 Å². The molecule has 4 fully saturated rings. The average molecular weight is 415 g/mol. The summed E-state index contributed by atoms with van der Waals surface area (Å²) in [5.74, 6) is -1.53. The van der Waals surface area contributed by atoms with Gasteiger partial charge in [-0.25, -0.2) is 0 Å². The van der Waals surface area contributed by atoms with Crippen LogP contribution in [0.2, 0.25) is 0 Å². The molecule has 0 radical (unpaired) electrons. The van der Waals surface area contributed by atoms with Gasteiger partial charge in [-0.15, -0.1) is 6.58 Å². The van der Waals surface area contributed by atoms with Gasteiger partial charge in [0.15, 0.2) is 24.2 Å². The van der Waals surface area contributed by atoms with Crippen LogP contribution in [0.3, 0.4) is 0 Å². The van der Waals surface area contributed by atoms with Gasteiger partial charge in [-0.1, -0.05) is 11.2 Å². The number of hydrogen-bond acceptors (Lipinski definition) is 10. The Balaban J connectivity index is 1.43. The summed E-state index contributed by atoms with van der Waals surface area (Å²) in [7, 11) is 0. The minimum Gasteiger partial charge on any atom is -0.411 e. The van der Waals surface area contributed by atoms with E-state index in [1.807, 2.05) is 13.8 Å². The van der Waals surface area contributed by atoms with Crippen LogP contribution in [-0.2, 0) is 37.9 Å². The maximum atomic E-state index is 8.95. The molecule has 4 rings (SSSR count). The Morgan fingerprint density at radius 3 is 2.17 bits per heavy atom. The van der Waals surface area contributed by atoms with Crippen molar-refractivity contribution >= 4 is 6.21 Å². The normalized spacial score (nSPS) is 45.0. The van der Waals surface area contributed by atoms with Crippen LogP contribution >= 0.6 is 0 Å². The van der Waals surface area contributed by atoms with Gasteiger partial charge in [0.05, 0.1) is 19.4 Å². The average Bonchev–Trinajstić information content (AvgIpc) is 3.27. The molecule has 10 nitrogen and oxygen atoms in total. The largest absolute Gasteiger partial charge is 0.411 e. The number of ether oxygens (including phenoxy) is 8. The number of hydrogen-bond donors (Lipinski definition) is 1. The van der Waals surface area contributed by atoms with Gasteiger partial charge < -0.3 is 43.1 Å². The zero-order valence-corrected chi connectivity index (χ0v) is 17.1. The van der Waals surface area contributed by atoms with Crippen molar-refractivity contribution in [2.45, 2.75) is 88.5 Å². The third kappa shape index (κ3) is 4.21. The third-order valence-corrected chi connectivity index (χ3v) is 5.19. The van der Waals surface area contributed by atoms with Gasteiger partial charge in [0.1, 0.15) is 36.6 Å². The first kappa shape index (κ1) is 21.1. The van der Waals surface area contributed by atoms with Crippen LogP contribution in [0.15, 0.2) is 17.8 Å². The molecule has 0 amide bonds. The lowest BCUT2D eigenvalue weighted by molar-refractivity contribution is -0.230. The van der Waals surface area contributed by atoms with Crippen molar-refractivity contribution in [1.29, 1.82) is 0 Å². The standard InChI is InChI=1S/C19H29NO9/c1-6-7-22-13-11(25-17-15(13)27-19(4,5)29-17)9-23-12-10(8-20-21)24-16-14(12)26-18(2,3)28-16/h6,8,10-17,21H,1,7,9H2,2-5H3/b20-8+/t10-,11-,12+,13+,14-,15-,16-,17-/m1/s1. The van der Waals surface area contributed by atoms with Crippen LogP contribution in [0.4, 0.5) is 0 Å². The summed E-state index contributed by atoms with van der Waals surface area (Å²) in [4.78, 5) is 0. The molecule has 8 atom stereocenters. The minimum atomic E-state index is -0.790. The summed E-state index contributed by atoms with van der Waals surface area (Å²) >= 11 is 0. The molecule has 4 aliphatic heterocycles. The predicted molar refractivity (Wildman–Crippen MR) is 97.4 cm³/mol. The maximum absolute atomic E-state index is 8.95. The predicted octanol–water partition coefficient (Wildman–Crippen LogP) is 1.16. The summed E-state index contributed by atoms with van der Waals surface area (Å²) in [5, 5.41) is 12.0. The molecule has 0 aromatic rings. The number of fused-ring (bicyclic) bond motifs is 2. The molecule has 0 unspecified atom stereocenters. The molecule has 0 aliphatic carbocycles.